The van der Waals surface area contributed by atoms with Crippen LogP contribution < -0.4 is 0 Å². The number of hydrogen-bond acceptors (Lipinski definition) is 1. The van der Waals surface area contributed by atoms with Crippen molar-refractivity contribution in [2.45, 2.75) is 141 Å². The molecule has 11 aromatic carbocycles. The molecule has 0 N–H and O–H groups in total. The van der Waals surface area contributed by atoms with Crippen molar-refractivity contribution < 1.29 is 0 Å². The van der Waals surface area contributed by atoms with E-state index in [1.807, 2.05) is 170 Å². The Morgan fingerprint density at radius 3 is 1.11 bits per heavy atom. The number of aryl methyl sites for hydroxylation is 1. The lowest BCUT2D eigenvalue weighted by molar-refractivity contribution is 0.0337. The van der Waals surface area contributed by atoms with Gasteiger partial charge in [0.25, 0.3) is 0 Å². The predicted octanol–water partition coefficient (Wildman–Crippen LogP) is 15.5. The standard InChI is InChI=1S/C69H30S/c1-2-4-7-5-3-6-8-63(7)68-64-55-47-37-27-19-11-9-10-13-17-15(11)23-31-25(17)35-29-21(13)22-14(10)18-16-12(9)20(19)28-34-24(16)32-26(18)36-30(22)40-39(29)51-45(35)53-43(31)49(41(47)33(23)27)57(64)59(53)66-61(51)62-52(40)46(36)54-44(32)50-42(34)48(38(28)37)56(55)65(68)58(50)60(54)67(62)69(66,68)70-8/h3,5-6,11,13,15,17,19,21,27,29,37-40,48,52,56,58,60,62,65,67H,2,4H2,1H3. The van der Waals surface area contributed by atoms with E-state index in [1.165, 1.54) is 12.8 Å². The number of thioether (sulfide) groups is 1. The third-order valence-electron chi connectivity index (χ3n) is 30.8. The van der Waals surface area contributed by atoms with Crippen LogP contribution in [0.5, 0.6) is 0 Å². The van der Waals surface area contributed by atoms with Gasteiger partial charge in [-0.1, -0.05) is 25.5 Å². The minimum absolute atomic E-state index is 0.0479. The second-order valence-corrected chi connectivity index (χ2v) is 30.9. The van der Waals surface area contributed by atoms with Gasteiger partial charge in [-0.3, -0.25) is 0 Å². The summed E-state index contributed by atoms with van der Waals surface area (Å²) in [4.78, 5) is 1.76. The van der Waals surface area contributed by atoms with Crippen LogP contribution in [0.4, 0.5) is 0 Å². The molecule has 0 nitrogen and oxygen atoms in total. The first-order chi connectivity index (χ1) is 34.9. The van der Waals surface area contributed by atoms with Crippen LogP contribution >= 0.6 is 11.8 Å². The quantitative estimate of drug-likeness (QED) is 0.156. The Kier molecular flexibility index (Phi) is 2.61. The minimum Gasteiger partial charge on any atom is -0.112 e. The molecule has 312 valence electrons. The number of hydrogen-bond donors (Lipinski definition) is 0. The maximum atomic E-state index is 2.74. The topological polar surface area (TPSA) is 0 Å². The molecule has 0 aromatic heterocycles. The summed E-state index contributed by atoms with van der Waals surface area (Å²) in [6.45, 7) is 2.51. The summed E-state index contributed by atoms with van der Waals surface area (Å²) in [5.74, 6) is 13.5. The summed E-state index contributed by atoms with van der Waals surface area (Å²) >= 11 is 2.60. The summed E-state index contributed by atoms with van der Waals surface area (Å²) in [5.41, 5.74) is 48.5. The second kappa shape index (κ2) is 6.52. The molecule has 23 aliphatic rings. The van der Waals surface area contributed by atoms with E-state index in [0.717, 1.165) is 0 Å². The van der Waals surface area contributed by atoms with Gasteiger partial charge in [0.1, 0.15) is 0 Å². The molecule has 34 rings (SSSR count). The molecule has 0 amide bonds. The van der Waals surface area contributed by atoms with E-state index < -0.39 is 0 Å². The van der Waals surface area contributed by atoms with Gasteiger partial charge in [-0.05, 0) is 351 Å². The highest BCUT2D eigenvalue weighted by Gasteiger charge is 2.89. The first-order valence-corrected chi connectivity index (χ1v) is 29.7. The Labute approximate surface area is 400 Å². The first kappa shape index (κ1) is 28.0. The van der Waals surface area contributed by atoms with Gasteiger partial charge < -0.3 is 0 Å². The SMILES string of the molecule is CCCc1cccc2c1C13c4c5c6c7c8c9c%10c%11c%12c%13c%14c%15c(c%16c%13c%10c7c4-%16)C1(S2)C1C%15C2c4c7c%10c%13c%15c%16c%17c%18c%19c%20c%21c%22c%23c(c4c4c%22c%19c%16c%104)C2C%14C%12C%23C%21C%11C9C%20C%18C8C6C%17C%15C5C3C%13C71. The van der Waals surface area contributed by atoms with Gasteiger partial charge in [0.2, 0.25) is 0 Å². The maximum absolute atomic E-state index is 2.74. The highest BCUT2D eigenvalue weighted by molar-refractivity contribution is 8.00. The molecular formula is C69H30S. The highest BCUT2D eigenvalue weighted by atomic mass is 32.2. The lowest BCUT2D eigenvalue weighted by Crippen LogP contribution is -2.62. The molecule has 22 atom stereocenters. The molecule has 1 heterocycles. The molecule has 22 aliphatic carbocycles. The predicted molar refractivity (Wildman–Crippen MR) is 271 cm³/mol. The normalized spacial score (nSPS) is 48.0. The fraction of sp³-hybridized carbons (Fsp3) is 0.362. The molecular weight excluding hydrogens is 861 g/mol. The van der Waals surface area contributed by atoms with Gasteiger partial charge in [0.05, 0.1) is 4.75 Å². The van der Waals surface area contributed by atoms with E-state index in [0.29, 0.717) is 118 Å². The number of fused-ring (bicyclic) bond motifs is 1. The summed E-state index contributed by atoms with van der Waals surface area (Å²) in [5, 5.41) is 30.8. The molecule has 1 fully saturated rings. The van der Waals surface area contributed by atoms with Crippen LogP contribution in [0.15, 0.2) is 23.1 Å². The third kappa shape index (κ3) is 1.52. The van der Waals surface area contributed by atoms with E-state index in [1.54, 1.807) is 10.5 Å². The molecule has 70 heavy (non-hydrogen) atoms. The molecule has 22 unspecified atom stereocenters. The Hall–Kier alpha value is -5.37. The van der Waals surface area contributed by atoms with E-state index in [-0.39, 0.29) is 10.2 Å². The zero-order valence-electron chi connectivity index (χ0n) is 37.6. The Balaban J connectivity index is 1.03. The zero-order chi connectivity index (χ0) is 41.5. The average molecular weight is 891 g/mol. The van der Waals surface area contributed by atoms with Crippen molar-refractivity contribution in [3.63, 3.8) is 0 Å². The van der Waals surface area contributed by atoms with Gasteiger partial charge in [0.15, 0.2) is 0 Å². The molecule has 2 spiro atoms. The minimum atomic E-state index is 0.0479. The average Bonchev–Trinajstić information content (AvgIpc) is 4.25. The smallest absolute Gasteiger partial charge is 0.0645 e. The van der Waals surface area contributed by atoms with Crippen LogP contribution in [0.3, 0.4) is 0 Å². The summed E-state index contributed by atoms with van der Waals surface area (Å²) in [6, 6.07) is 8.02. The zero-order valence-corrected chi connectivity index (χ0v) is 38.4. The molecule has 1 saturated carbocycles. The van der Waals surface area contributed by atoms with Crippen molar-refractivity contribution in [3.05, 3.63) is 141 Å². The van der Waals surface area contributed by atoms with Crippen LogP contribution in [0.25, 0.3) is 97.3 Å². The van der Waals surface area contributed by atoms with Gasteiger partial charge in [0, 0.05) is 10.3 Å². The summed E-state index contributed by atoms with van der Waals surface area (Å²) < 4.78 is 0.0761. The van der Waals surface area contributed by atoms with Crippen LogP contribution in [-0.2, 0) is 16.6 Å². The van der Waals surface area contributed by atoms with Crippen molar-refractivity contribution >= 4 is 97.9 Å². The number of benzene rings is 10. The lowest BCUT2D eigenvalue weighted by Gasteiger charge is -2.65. The first-order valence-electron chi connectivity index (χ1n) is 28.9. The van der Waals surface area contributed by atoms with E-state index >= 15 is 0 Å². The fourth-order valence-electron chi connectivity index (χ4n) is 32.4. The van der Waals surface area contributed by atoms with Gasteiger partial charge in [-0.2, -0.15) is 0 Å². The highest BCUT2D eigenvalue weighted by Crippen LogP contribution is 3.01. The summed E-state index contributed by atoms with van der Waals surface area (Å²) in [7, 11) is 0. The Morgan fingerprint density at radius 2 is 0.657 bits per heavy atom. The van der Waals surface area contributed by atoms with Crippen molar-refractivity contribution in [2.24, 2.45) is 11.8 Å². The second-order valence-electron chi connectivity index (χ2n) is 29.6. The van der Waals surface area contributed by atoms with Gasteiger partial charge in [-0.15, -0.1) is 11.8 Å². The van der Waals surface area contributed by atoms with Crippen molar-refractivity contribution in [1.82, 2.24) is 0 Å². The van der Waals surface area contributed by atoms with Crippen molar-refractivity contribution in [3.8, 4) is 11.1 Å². The van der Waals surface area contributed by atoms with Gasteiger partial charge >= 0.3 is 0 Å². The molecule has 1 aliphatic heterocycles. The molecule has 0 bridgehead atoms. The van der Waals surface area contributed by atoms with Crippen molar-refractivity contribution in [1.29, 1.82) is 0 Å². The van der Waals surface area contributed by atoms with Crippen LogP contribution in [0, 0.1) is 11.8 Å². The Bertz CT molecular complexity index is 5460. The summed E-state index contributed by atoms with van der Waals surface area (Å²) in [6.07, 6.45) is 2.49. The number of rotatable bonds is 2. The molecule has 0 saturated heterocycles. The molecule has 1 heteroatoms. The van der Waals surface area contributed by atoms with Crippen LogP contribution in [0.2, 0.25) is 0 Å². The maximum Gasteiger partial charge on any atom is 0.0645 e. The van der Waals surface area contributed by atoms with Gasteiger partial charge in [-0.25, -0.2) is 0 Å². The third-order valence-corrected chi connectivity index (χ3v) is 32.5. The lowest BCUT2D eigenvalue weighted by atomic mass is 9.39. The van der Waals surface area contributed by atoms with Crippen molar-refractivity contribution in [2.75, 3.05) is 0 Å². The van der Waals surface area contributed by atoms with Crippen LogP contribution in [-0.4, -0.2) is 0 Å². The molecule has 0 radical (unpaired) electrons. The van der Waals surface area contributed by atoms with E-state index in [4.69, 9.17) is 0 Å². The monoisotopic (exact) mass is 890 g/mol. The van der Waals surface area contributed by atoms with E-state index in [2.05, 4.69) is 81.4 Å². The van der Waals surface area contributed by atoms with E-state index in [9.17, 15) is 0 Å². The Morgan fingerprint density at radius 1 is 0.329 bits per heavy atom. The fourth-order valence-corrected chi connectivity index (χ4v) is 34.6. The molecule has 11 aromatic rings. The largest absolute Gasteiger partial charge is 0.112 e. The van der Waals surface area contributed by atoms with Crippen LogP contribution in [0.1, 0.15) is 242 Å².